The molecule has 2 aromatic rings. The average molecular weight is 265 g/mol. The lowest BCUT2D eigenvalue weighted by atomic mass is 10.2. The molecule has 0 amide bonds. The third-order valence-corrected chi connectivity index (χ3v) is 3.38. The highest BCUT2D eigenvalue weighted by molar-refractivity contribution is 6.29. The van der Waals surface area contributed by atoms with Crippen molar-refractivity contribution in [2.75, 3.05) is 5.32 Å². The molecule has 0 unspecified atom stereocenters. The lowest BCUT2D eigenvalue weighted by Crippen LogP contribution is -2.04. The molecule has 0 aliphatic rings. The molecule has 0 saturated heterocycles. The molecule has 2 rings (SSSR count). The number of aromatic nitrogens is 3. The van der Waals surface area contributed by atoms with E-state index >= 15 is 0 Å². The van der Waals surface area contributed by atoms with Crippen LogP contribution in [0.25, 0.3) is 0 Å². The third kappa shape index (κ3) is 2.48. The number of anilines is 1. The second-order valence-corrected chi connectivity index (χ2v) is 4.78. The van der Waals surface area contributed by atoms with E-state index in [0.29, 0.717) is 5.15 Å². The minimum atomic E-state index is 0.520. The molecule has 0 atom stereocenters. The van der Waals surface area contributed by atoms with Crippen LogP contribution in [0.2, 0.25) is 5.15 Å². The summed E-state index contributed by atoms with van der Waals surface area (Å²) in [6.45, 7) is 6.79. The normalized spacial score (nSPS) is 10.7. The van der Waals surface area contributed by atoms with Crippen molar-refractivity contribution in [2.45, 2.75) is 27.3 Å². The molecule has 4 nitrogen and oxygen atoms in total. The summed E-state index contributed by atoms with van der Waals surface area (Å²) in [4.78, 5) is 4.22. The molecule has 18 heavy (non-hydrogen) atoms. The highest BCUT2D eigenvalue weighted by Gasteiger charge is 2.09. The summed E-state index contributed by atoms with van der Waals surface area (Å²) in [5.74, 6) is 0. The number of nitrogens with one attached hydrogen (secondary N) is 1. The van der Waals surface area contributed by atoms with Gasteiger partial charge in [0.25, 0.3) is 0 Å². The fraction of sp³-hybridized carbons (Fsp3) is 0.385. The first-order chi connectivity index (χ1) is 8.49. The number of nitrogens with zero attached hydrogens (tertiary/aromatic N) is 3. The summed E-state index contributed by atoms with van der Waals surface area (Å²) < 4.78 is 1.90. The van der Waals surface area contributed by atoms with Gasteiger partial charge in [-0.05, 0) is 32.9 Å². The first kappa shape index (κ1) is 12.9. The Labute approximate surface area is 112 Å². The second-order valence-electron chi connectivity index (χ2n) is 4.39. The third-order valence-electron chi connectivity index (χ3n) is 3.17. The lowest BCUT2D eigenvalue weighted by molar-refractivity contribution is 0.730. The maximum Gasteiger partial charge on any atom is 0.129 e. The maximum absolute atomic E-state index is 5.84. The SMILES string of the molecule is Cc1nc(Cl)ccc1NCc1c(C)nn(C)c1C. The van der Waals surface area contributed by atoms with Gasteiger partial charge in [0.15, 0.2) is 0 Å². The van der Waals surface area contributed by atoms with E-state index in [2.05, 4.69) is 22.3 Å². The van der Waals surface area contributed by atoms with Gasteiger partial charge in [0.1, 0.15) is 5.15 Å². The van der Waals surface area contributed by atoms with Crippen molar-refractivity contribution < 1.29 is 0 Å². The Morgan fingerprint density at radius 3 is 2.50 bits per heavy atom. The Hall–Kier alpha value is -1.55. The second kappa shape index (κ2) is 4.98. The van der Waals surface area contributed by atoms with Gasteiger partial charge in [-0.15, -0.1) is 0 Å². The molecule has 96 valence electrons. The lowest BCUT2D eigenvalue weighted by Gasteiger charge is -2.09. The molecule has 2 heterocycles. The Balaban J connectivity index is 2.16. The maximum atomic E-state index is 5.84. The largest absolute Gasteiger partial charge is 0.379 e. The van der Waals surface area contributed by atoms with Gasteiger partial charge in [-0.2, -0.15) is 5.10 Å². The topological polar surface area (TPSA) is 42.7 Å². The Morgan fingerprint density at radius 2 is 1.94 bits per heavy atom. The van der Waals surface area contributed by atoms with Crippen LogP contribution < -0.4 is 5.32 Å². The smallest absolute Gasteiger partial charge is 0.129 e. The van der Waals surface area contributed by atoms with Crippen molar-refractivity contribution in [1.29, 1.82) is 0 Å². The molecule has 0 bridgehead atoms. The van der Waals surface area contributed by atoms with E-state index in [-0.39, 0.29) is 0 Å². The number of halogens is 1. The first-order valence-electron chi connectivity index (χ1n) is 5.85. The number of hydrogen-bond acceptors (Lipinski definition) is 3. The van der Waals surface area contributed by atoms with Crippen LogP contribution >= 0.6 is 11.6 Å². The van der Waals surface area contributed by atoms with E-state index in [4.69, 9.17) is 11.6 Å². The van der Waals surface area contributed by atoms with Crippen molar-refractivity contribution in [3.05, 3.63) is 39.9 Å². The van der Waals surface area contributed by atoms with Crippen LogP contribution in [0.4, 0.5) is 5.69 Å². The van der Waals surface area contributed by atoms with Crippen molar-refractivity contribution in [1.82, 2.24) is 14.8 Å². The Morgan fingerprint density at radius 1 is 1.22 bits per heavy atom. The molecule has 2 aromatic heterocycles. The standard InChI is InChI=1S/C13H17ClN4/c1-8-11(10(3)18(4)17-8)7-15-12-5-6-13(14)16-9(12)2/h5-6,15H,7H2,1-4H3. The highest BCUT2D eigenvalue weighted by Crippen LogP contribution is 2.18. The fourth-order valence-electron chi connectivity index (χ4n) is 1.97. The van der Waals surface area contributed by atoms with E-state index in [9.17, 15) is 0 Å². The van der Waals surface area contributed by atoms with Gasteiger partial charge in [-0.3, -0.25) is 4.68 Å². The van der Waals surface area contributed by atoms with Gasteiger partial charge in [0.05, 0.1) is 17.1 Å². The van der Waals surface area contributed by atoms with Gasteiger partial charge in [-0.25, -0.2) is 4.98 Å². The van der Waals surface area contributed by atoms with Crippen molar-refractivity contribution in [3.63, 3.8) is 0 Å². The molecular formula is C13H17ClN4. The van der Waals surface area contributed by atoms with E-state index in [1.165, 1.54) is 11.3 Å². The van der Waals surface area contributed by atoms with E-state index in [1.54, 1.807) is 6.07 Å². The zero-order valence-corrected chi connectivity index (χ0v) is 11.8. The van der Waals surface area contributed by atoms with Crippen molar-refractivity contribution >= 4 is 17.3 Å². The zero-order chi connectivity index (χ0) is 13.3. The van der Waals surface area contributed by atoms with Gasteiger partial charge < -0.3 is 5.32 Å². The number of aryl methyl sites for hydroxylation is 3. The highest BCUT2D eigenvalue weighted by atomic mass is 35.5. The number of pyridine rings is 1. The minimum absolute atomic E-state index is 0.520. The van der Waals surface area contributed by atoms with E-state index in [0.717, 1.165) is 23.6 Å². The van der Waals surface area contributed by atoms with Crippen LogP contribution in [0.5, 0.6) is 0 Å². The zero-order valence-electron chi connectivity index (χ0n) is 11.1. The van der Waals surface area contributed by atoms with Crippen LogP contribution in [0.15, 0.2) is 12.1 Å². The number of hydrogen-bond donors (Lipinski definition) is 1. The van der Waals surface area contributed by atoms with Gasteiger partial charge in [0.2, 0.25) is 0 Å². The van der Waals surface area contributed by atoms with Crippen LogP contribution in [0, 0.1) is 20.8 Å². The van der Waals surface area contributed by atoms with E-state index in [1.807, 2.05) is 31.6 Å². The Kier molecular flexibility index (Phi) is 3.57. The van der Waals surface area contributed by atoms with Gasteiger partial charge >= 0.3 is 0 Å². The first-order valence-corrected chi connectivity index (χ1v) is 6.23. The molecule has 0 radical (unpaired) electrons. The van der Waals surface area contributed by atoms with Crippen LogP contribution in [-0.4, -0.2) is 14.8 Å². The molecule has 0 fully saturated rings. The van der Waals surface area contributed by atoms with Crippen molar-refractivity contribution in [2.24, 2.45) is 7.05 Å². The molecule has 0 aliphatic carbocycles. The van der Waals surface area contributed by atoms with Crippen LogP contribution in [0.1, 0.15) is 22.6 Å². The number of rotatable bonds is 3. The molecule has 0 spiro atoms. The van der Waals surface area contributed by atoms with Crippen LogP contribution in [0.3, 0.4) is 0 Å². The monoisotopic (exact) mass is 264 g/mol. The Bertz CT molecular complexity index is 575. The predicted octanol–water partition coefficient (Wildman–Crippen LogP) is 3.01. The molecule has 0 saturated carbocycles. The minimum Gasteiger partial charge on any atom is -0.379 e. The summed E-state index contributed by atoms with van der Waals surface area (Å²) in [5, 5.41) is 8.30. The molecule has 0 aromatic carbocycles. The summed E-state index contributed by atoms with van der Waals surface area (Å²) >= 11 is 5.84. The molecule has 0 aliphatic heterocycles. The van der Waals surface area contributed by atoms with Gasteiger partial charge in [-0.1, -0.05) is 11.6 Å². The molecule has 5 heteroatoms. The van der Waals surface area contributed by atoms with Crippen LogP contribution in [-0.2, 0) is 13.6 Å². The van der Waals surface area contributed by atoms with Gasteiger partial charge in [0, 0.05) is 24.8 Å². The van der Waals surface area contributed by atoms with E-state index < -0.39 is 0 Å². The predicted molar refractivity (Wildman–Crippen MR) is 74.0 cm³/mol. The molecule has 1 N–H and O–H groups in total. The summed E-state index contributed by atoms with van der Waals surface area (Å²) in [6, 6.07) is 3.74. The fourth-order valence-corrected chi connectivity index (χ4v) is 2.16. The average Bonchev–Trinajstić information content (AvgIpc) is 2.53. The summed E-state index contributed by atoms with van der Waals surface area (Å²) in [6.07, 6.45) is 0. The summed E-state index contributed by atoms with van der Waals surface area (Å²) in [5.41, 5.74) is 5.37. The van der Waals surface area contributed by atoms with Crippen molar-refractivity contribution in [3.8, 4) is 0 Å². The molecular weight excluding hydrogens is 248 g/mol. The summed E-state index contributed by atoms with van der Waals surface area (Å²) in [7, 11) is 1.96. The quantitative estimate of drug-likeness (QED) is 0.867.